The second kappa shape index (κ2) is 8.04. The van der Waals surface area contributed by atoms with E-state index in [0.717, 1.165) is 54.8 Å². The Hall–Kier alpha value is -2.83. The molecule has 1 atom stereocenters. The van der Waals surface area contributed by atoms with E-state index in [2.05, 4.69) is 34.2 Å². The number of aromatic amines is 1. The first-order valence-electron chi connectivity index (χ1n) is 10.1. The number of carbonyl (C=O) groups excluding carboxylic acids is 1. The van der Waals surface area contributed by atoms with Crippen molar-refractivity contribution in [1.82, 2.24) is 30.0 Å². The molecule has 1 fully saturated rings. The number of rotatable bonds is 5. The van der Waals surface area contributed by atoms with Gasteiger partial charge in [-0.1, -0.05) is 12.1 Å². The summed E-state index contributed by atoms with van der Waals surface area (Å²) in [5.41, 5.74) is 3.10. The van der Waals surface area contributed by atoms with Gasteiger partial charge in [-0.3, -0.25) is 4.68 Å². The van der Waals surface area contributed by atoms with E-state index < -0.39 is 0 Å². The van der Waals surface area contributed by atoms with Gasteiger partial charge in [0.1, 0.15) is 5.82 Å². The van der Waals surface area contributed by atoms with Crippen LogP contribution in [0.1, 0.15) is 44.1 Å². The van der Waals surface area contributed by atoms with E-state index in [9.17, 15) is 4.79 Å². The Balaban J connectivity index is 1.31. The molecule has 2 aromatic heterocycles. The SMILES string of the molecule is CC(C)n1cc(CNC(=O)N2CCCC(Cc3nc4ccccc4[nH]3)C2)cn1. The Labute approximate surface area is 165 Å². The van der Waals surface area contributed by atoms with Crippen molar-refractivity contribution in [3.63, 3.8) is 0 Å². The van der Waals surface area contributed by atoms with Crippen LogP contribution in [0.25, 0.3) is 11.0 Å². The molecule has 7 nitrogen and oxygen atoms in total. The second-order valence-electron chi connectivity index (χ2n) is 7.94. The van der Waals surface area contributed by atoms with E-state index >= 15 is 0 Å². The predicted octanol–water partition coefficient (Wildman–Crippen LogP) is 3.50. The van der Waals surface area contributed by atoms with Crippen LogP contribution in [0.2, 0.25) is 0 Å². The van der Waals surface area contributed by atoms with E-state index in [0.29, 0.717) is 18.5 Å². The van der Waals surface area contributed by atoms with E-state index in [1.54, 1.807) is 0 Å². The van der Waals surface area contributed by atoms with Crippen molar-refractivity contribution < 1.29 is 4.79 Å². The molecule has 4 rings (SSSR count). The smallest absolute Gasteiger partial charge is 0.317 e. The van der Waals surface area contributed by atoms with Gasteiger partial charge in [0.25, 0.3) is 0 Å². The summed E-state index contributed by atoms with van der Waals surface area (Å²) in [5.74, 6) is 1.44. The highest BCUT2D eigenvalue weighted by Crippen LogP contribution is 2.21. The molecular weight excluding hydrogens is 352 g/mol. The molecule has 0 saturated carbocycles. The highest BCUT2D eigenvalue weighted by Gasteiger charge is 2.24. The van der Waals surface area contributed by atoms with Gasteiger partial charge in [-0.05, 0) is 44.7 Å². The normalized spacial score (nSPS) is 17.4. The summed E-state index contributed by atoms with van der Waals surface area (Å²) in [7, 11) is 0. The molecule has 2 N–H and O–H groups in total. The third-order valence-corrected chi connectivity index (χ3v) is 5.35. The fourth-order valence-electron chi connectivity index (χ4n) is 3.83. The molecule has 1 aliphatic rings. The predicted molar refractivity (Wildman–Crippen MR) is 109 cm³/mol. The van der Waals surface area contributed by atoms with Gasteiger partial charge in [-0.15, -0.1) is 0 Å². The first-order valence-corrected chi connectivity index (χ1v) is 10.1. The van der Waals surface area contributed by atoms with Gasteiger partial charge in [0, 0.05) is 43.9 Å². The zero-order chi connectivity index (χ0) is 19.5. The monoisotopic (exact) mass is 380 g/mol. The fraction of sp³-hybridized carbons (Fsp3) is 0.476. The lowest BCUT2D eigenvalue weighted by Crippen LogP contribution is -2.45. The number of H-pyrrole nitrogens is 1. The lowest BCUT2D eigenvalue weighted by molar-refractivity contribution is 0.164. The summed E-state index contributed by atoms with van der Waals surface area (Å²) in [5, 5.41) is 7.36. The van der Waals surface area contributed by atoms with Crippen molar-refractivity contribution in [2.24, 2.45) is 5.92 Å². The largest absolute Gasteiger partial charge is 0.342 e. The molecule has 0 radical (unpaired) electrons. The Morgan fingerprint density at radius 1 is 1.36 bits per heavy atom. The number of carbonyl (C=O) groups is 1. The van der Waals surface area contributed by atoms with Gasteiger partial charge in [-0.25, -0.2) is 9.78 Å². The Kier molecular flexibility index (Phi) is 5.32. The molecule has 0 aliphatic carbocycles. The number of hydrogen-bond donors (Lipinski definition) is 2. The Morgan fingerprint density at radius 2 is 2.21 bits per heavy atom. The molecule has 1 aliphatic heterocycles. The van der Waals surface area contributed by atoms with Gasteiger partial charge < -0.3 is 15.2 Å². The number of fused-ring (bicyclic) bond motifs is 1. The Bertz CT molecular complexity index is 910. The standard InChI is InChI=1S/C21H28N6O/c1-15(2)27-14-17(12-23-27)11-22-21(28)26-9-5-6-16(13-26)10-20-24-18-7-3-4-8-19(18)25-20/h3-4,7-8,12,14-16H,5-6,9-11,13H2,1-2H3,(H,22,28)(H,24,25). The van der Waals surface area contributed by atoms with Crippen LogP contribution in [0, 0.1) is 5.92 Å². The number of imidazole rings is 1. The number of amides is 2. The molecule has 28 heavy (non-hydrogen) atoms. The molecule has 2 amide bonds. The number of urea groups is 1. The average molecular weight is 380 g/mol. The van der Waals surface area contributed by atoms with Crippen molar-refractivity contribution in [1.29, 1.82) is 0 Å². The number of piperidine rings is 1. The third kappa shape index (κ3) is 4.18. The maximum atomic E-state index is 12.6. The molecule has 0 spiro atoms. The molecule has 7 heteroatoms. The number of likely N-dealkylation sites (tertiary alicyclic amines) is 1. The molecule has 3 aromatic rings. The topological polar surface area (TPSA) is 78.8 Å². The van der Waals surface area contributed by atoms with E-state index in [1.165, 1.54) is 0 Å². The van der Waals surface area contributed by atoms with Gasteiger partial charge in [0.15, 0.2) is 0 Å². The second-order valence-corrected chi connectivity index (χ2v) is 7.94. The van der Waals surface area contributed by atoms with Crippen LogP contribution in [-0.2, 0) is 13.0 Å². The highest BCUT2D eigenvalue weighted by molar-refractivity contribution is 5.75. The maximum absolute atomic E-state index is 12.6. The maximum Gasteiger partial charge on any atom is 0.317 e. The molecule has 1 aromatic carbocycles. The van der Waals surface area contributed by atoms with E-state index in [1.807, 2.05) is 46.2 Å². The van der Waals surface area contributed by atoms with Crippen molar-refractivity contribution in [3.8, 4) is 0 Å². The fourth-order valence-corrected chi connectivity index (χ4v) is 3.83. The lowest BCUT2D eigenvalue weighted by Gasteiger charge is -2.32. The zero-order valence-electron chi connectivity index (χ0n) is 16.6. The number of nitrogens with zero attached hydrogens (tertiary/aromatic N) is 4. The molecule has 148 valence electrons. The quantitative estimate of drug-likeness (QED) is 0.711. The van der Waals surface area contributed by atoms with Gasteiger partial charge in [0.05, 0.1) is 17.2 Å². The Morgan fingerprint density at radius 3 is 3.00 bits per heavy atom. The summed E-state index contributed by atoms with van der Waals surface area (Å²) in [6.45, 7) is 6.27. The summed E-state index contributed by atoms with van der Waals surface area (Å²) in [4.78, 5) is 22.6. The van der Waals surface area contributed by atoms with Crippen LogP contribution >= 0.6 is 0 Å². The molecule has 3 heterocycles. The van der Waals surface area contributed by atoms with Crippen molar-refractivity contribution in [3.05, 3.63) is 48.0 Å². The number of hydrogen-bond acceptors (Lipinski definition) is 3. The third-order valence-electron chi connectivity index (χ3n) is 5.35. The first kappa shape index (κ1) is 18.5. The average Bonchev–Trinajstić information content (AvgIpc) is 3.32. The summed E-state index contributed by atoms with van der Waals surface area (Å²) in [6, 6.07) is 8.43. The number of para-hydroxylation sites is 2. The van der Waals surface area contributed by atoms with E-state index in [4.69, 9.17) is 0 Å². The van der Waals surface area contributed by atoms with Crippen molar-refractivity contribution in [2.45, 2.75) is 45.7 Å². The summed E-state index contributed by atoms with van der Waals surface area (Å²) < 4.78 is 1.91. The summed E-state index contributed by atoms with van der Waals surface area (Å²) >= 11 is 0. The minimum Gasteiger partial charge on any atom is -0.342 e. The molecular formula is C21H28N6O. The first-order chi connectivity index (χ1) is 13.6. The van der Waals surface area contributed by atoms with Crippen molar-refractivity contribution >= 4 is 17.1 Å². The van der Waals surface area contributed by atoms with Crippen LogP contribution in [0.3, 0.4) is 0 Å². The zero-order valence-corrected chi connectivity index (χ0v) is 16.6. The van der Waals surface area contributed by atoms with Crippen LogP contribution in [0.5, 0.6) is 0 Å². The minimum absolute atomic E-state index is 0.00611. The van der Waals surface area contributed by atoms with Gasteiger partial charge in [0.2, 0.25) is 0 Å². The van der Waals surface area contributed by atoms with Gasteiger partial charge >= 0.3 is 6.03 Å². The number of nitrogens with one attached hydrogen (secondary N) is 2. The molecule has 1 unspecified atom stereocenters. The highest BCUT2D eigenvalue weighted by atomic mass is 16.2. The van der Waals surface area contributed by atoms with Crippen LogP contribution in [0.15, 0.2) is 36.7 Å². The van der Waals surface area contributed by atoms with Crippen molar-refractivity contribution in [2.75, 3.05) is 13.1 Å². The van der Waals surface area contributed by atoms with Crippen LogP contribution in [-0.4, -0.2) is 43.8 Å². The number of benzene rings is 1. The van der Waals surface area contributed by atoms with Crippen LogP contribution in [0.4, 0.5) is 4.79 Å². The molecule has 0 bridgehead atoms. The summed E-state index contributed by atoms with van der Waals surface area (Å²) in [6.07, 6.45) is 6.84. The van der Waals surface area contributed by atoms with Gasteiger partial charge in [-0.2, -0.15) is 5.10 Å². The minimum atomic E-state index is 0.00611. The number of aromatic nitrogens is 4. The lowest BCUT2D eigenvalue weighted by atomic mass is 9.95. The molecule has 1 saturated heterocycles. The van der Waals surface area contributed by atoms with E-state index in [-0.39, 0.29) is 6.03 Å². The van der Waals surface area contributed by atoms with Crippen LogP contribution < -0.4 is 5.32 Å².